The molecule has 3 aromatic rings. The van der Waals surface area contributed by atoms with Gasteiger partial charge in [0.15, 0.2) is 0 Å². The number of phenols is 1. The highest BCUT2D eigenvalue weighted by Gasteiger charge is 2.11. The molecule has 6 heteroatoms. The van der Waals surface area contributed by atoms with Gasteiger partial charge in [-0.05, 0) is 44.2 Å². The third-order valence-electron chi connectivity index (χ3n) is 3.87. The van der Waals surface area contributed by atoms with Crippen LogP contribution in [0.25, 0.3) is 5.82 Å². The molecule has 25 heavy (non-hydrogen) atoms. The van der Waals surface area contributed by atoms with Gasteiger partial charge in [-0.25, -0.2) is 10.4 Å². The fourth-order valence-electron chi connectivity index (χ4n) is 2.64. The molecule has 126 valence electrons. The number of rotatable bonds is 4. The first kappa shape index (κ1) is 16.4. The summed E-state index contributed by atoms with van der Waals surface area (Å²) in [4.78, 5) is 16.4. The molecular weight excluding hydrogens is 316 g/mol. The molecule has 0 spiro atoms. The molecule has 2 heterocycles. The number of aromatic hydroxyl groups is 1. The number of nitrogens with one attached hydrogen (secondary N) is 1. The van der Waals surface area contributed by atoms with Crippen LogP contribution in [0.3, 0.4) is 0 Å². The highest BCUT2D eigenvalue weighted by atomic mass is 16.3. The Morgan fingerprint density at radius 2 is 1.96 bits per heavy atom. The van der Waals surface area contributed by atoms with E-state index < -0.39 is 5.91 Å². The third-order valence-corrected chi connectivity index (χ3v) is 3.87. The number of amides is 1. The Morgan fingerprint density at radius 1 is 1.20 bits per heavy atom. The maximum Gasteiger partial charge on any atom is 0.275 e. The minimum atomic E-state index is -0.465. The molecule has 1 aromatic carbocycles. The first-order valence-electron chi connectivity index (χ1n) is 7.79. The summed E-state index contributed by atoms with van der Waals surface area (Å²) in [6, 6.07) is 14.0. The lowest BCUT2D eigenvalue weighted by Crippen LogP contribution is -2.17. The molecule has 0 aliphatic heterocycles. The molecule has 0 fully saturated rings. The van der Waals surface area contributed by atoms with Gasteiger partial charge in [-0.3, -0.25) is 4.79 Å². The Hall–Kier alpha value is -3.41. The second kappa shape index (κ2) is 7.00. The van der Waals surface area contributed by atoms with Crippen LogP contribution in [0.15, 0.2) is 59.8 Å². The summed E-state index contributed by atoms with van der Waals surface area (Å²) in [7, 11) is 0. The number of hydrogen-bond donors (Lipinski definition) is 2. The monoisotopic (exact) mass is 334 g/mol. The molecule has 0 aliphatic carbocycles. The molecule has 0 saturated heterocycles. The molecule has 0 saturated carbocycles. The van der Waals surface area contributed by atoms with E-state index >= 15 is 0 Å². The highest BCUT2D eigenvalue weighted by Crippen LogP contribution is 2.18. The van der Waals surface area contributed by atoms with Gasteiger partial charge in [-0.15, -0.1) is 0 Å². The molecule has 2 N–H and O–H groups in total. The Kier molecular flexibility index (Phi) is 4.61. The third kappa shape index (κ3) is 3.42. The van der Waals surface area contributed by atoms with Crippen LogP contribution in [0.4, 0.5) is 0 Å². The zero-order valence-electron chi connectivity index (χ0n) is 14.0. The topological polar surface area (TPSA) is 79.5 Å². The quantitative estimate of drug-likeness (QED) is 0.569. The number of aromatic nitrogens is 2. The zero-order chi connectivity index (χ0) is 17.8. The minimum Gasteiger partial charge on any atom is -0.507 e. The van der Waals surface area contributed by atoms with E-state index in [0.717, 1.165) is 22.8 Å². The molecule has 0 radical (unpaired) electrons. The summed E-state index contributed by atoms with van der Waals surface area (Å²) in [5, 5.41) is 13.7. The van der Waals surface area contributed by atoms with Crippen molar-refractivity contribution in [2.75, 3.05) is 0 Å². The van der Waals surface area contributed by atoms with Crippen LogP contribution in [0, 0.1) is 13.8 Å². The van der Waals surface area contributed by atoms with Gasteiger partial charge in [0.1, 0.15) is 11.6 Å². The van der Waals surface area contributed by atoms with Crippen molar-refractivity contribution >= 4 is 12.1 Å². The lowest BCUT2D eigenvalue weighted by atomic mass is 10.2. The lowest BCUT2D eigenvalue weighted by Gasteiger charge is -2.07. The molecule has 6 nitrogen and oxygen atoms in total. The van der Waals surface area contributed by atoms with E-state index in [4.69, 9.17) is 0 Å². The molecular formula is C19H18N4O2. The lowest BCUT2D eigenvalue weighted by molar-refractivity contribution is 0.0952. The maximum absolute atomic E-state index is 12.0. The van der Waals surface area contributed by atoms with E-state index in [9.17, 15) is 9.90 Å². The van der Waals surface area contributed by atoms with Crippen molar-refractivity contribution in [3.63, 3.8) is 0 Å². The van der Waals surface area contributed by atoms with Crippen molar-refractivity contribution in [2.45, 2.75) is 13.8 Å². The van der Waals surface area contributed by atoms with Crippen LogP contribution in [0.1, 0.15) is 27.3 Å². The number of hydrazone groups is 1. The fraction of sp³-hybridized carbons (Fsp3) is 0.105. The Labute approximate surface area is 145 Å². The normalized spacial score (nSPS) is 11.0. The van der Waals surface area contributed by atoms with Crippen LogP contribution >= 0.6 is 0 Å². The average molecular weight is 334 g/mol. The van der Waals surface area contributed by atoms with E-state index in [0.29, 0.717) is 0 Å². The van der Waals surface area contributed by atoms with Crippen LogP contribution in [0.5, 0.6) is 5.75 Å². The molecule has 1 amide bonds. The first-order chi connectivity index (χ1) is 12.1. The molecule has 0 bridgehead atoms. The van der Waals surface area contributed by atoms with E-state index in [1.807, 2.05) is 42.7 Å². The molecule has 0 atom stereocenters. The van der Waals surface area contributed by atoms with Crippen LogP contribution in [-0.2, 0) is 0 Å². The number of hydrogen-bond acceptors (Lipinski definition) is 4. The van der Waals surface area contributed by atoms with E-state index in [2.05, 4.69) is 15.5 Å². The molecule has 3 rings (SSSR count). The van der Waals surface area contributed by atoms with Gasteiger partial charge in [0.05, 0.1) is 11.8 Å². The second-order valence-electron chi connectivity index (χ2n) is 5.57. The van der Waals surface area contributed by atoms with Crippen molar-refractivity contribution in [3.05, 3.63) is 77.2 Å². The van der Waals surface area contributed by atoms with Crippen molar-refractivity contribution in [1.29, 1.82) is 0 Å². The van der Waals surface area contributed by atoms with Gasteiger partial charge in [-0.1, -0.05) is 18.2 Å². The number of aryl methyl sites for hydroxylation is 1. The predicted octanol–water partition coefficient (Wildman–Crippen LogP) is 2.96. The second-order valence-corrected chi connectivity index (χ2v) is 5.57. The minimum absolute atomic E-state index is 0.0801. The number of carbonyl (C=O) groups excluding carboxylic acids is 1. The smallest absolute Gasteiger partial charge is 0.275 e. The Balaban J connectivity index is 1.79. The molecule has 0 unspecified atom stereocenters. The Morgan fingerprint density at radius 3 is 2.68 bits per heavy atom. The summed E-state index contributed by atoms with van der Waals surface area (Å²) < 4.78 is 2.02. The molecule has 0 aliphatic rings. The van der Waals surface area contributed by atoms with Crippen molar-refractivity contribution in [2.24, 2.45) is 5.10 Å². The van der Waals surface area contributed by atoms with Gasteiger partial charge >= 0.3 is 0 Å². The fourth-order valence-corrected chi connectivity index (χ4v) is 2.64. The van der Waals surface area contributed by atoms with Crippen molar-refractivity contribution in [1.82, 2.24) is 15.0 Å². The summed E-state index contributed by atoms with van der Waals surface area (Å²) in [5.41, 5.74) is 5.47. The van der Waals surface area contributed by atoms with Crippen molar-refractivity contribution in [3.8, 4) is 11.6 Å². The van der Waals surface area contributed by atoms with Gasteiger partial charge < -0.3 is 9.67 Å². The summed E-state index contributed by atoms with van der Waals surface area (Å²) in [5.74, 6) is 0.284. The number of carbonyl (C=O) groups is 1. The predicted molar refractivity (Wildman–Crippen MR) is 96.2 cm³/mol. The van der Waals surface area contributed by atoms with Crippen LogP contribution in [-0.4, -0.2) is 26.8 Å². The van der Waals surface area contributed by atoms with Gasteiger partial charge in [0.2, 0.25) is 0 Å². The number of para-hydroxylation sites is 1. The zero-order valence-corrected chi connectivity index (χ0v) is 14.0. The standard InChI is InChI=1S/C19H18N4O2/c1-13-11-15(14(2)23(13)18-9-5-6-10-20-18)12-21-22-19(25)16-7-3-4-8-17(16)24/h3-12,24H,1-2H3,(H,22,25). The van der Waals surface area contributed by atoms with Gasteiger partial charge in [-0.2, -0.15) is 5.10 Å². The van der Waals surface area contributed by atoms with E-state index in [1.165, 1.54) is 12.1 Å². The maximum atomic E-state index is 12.0. The summed E-state index contributed by atoms with van der Waals surface area (Å²) >= 11 is 0. The number of benzene rings is 1. The van der Waals surface area contributed by atoms with E-state index in [-0.39, 0.29) is 11.3 Å². The van der Waals surface area contributed by atoms with E-state index in [1.54, 1.807) is 24.5 Å². The number of nitrogens with zero attached hydrogens (tertiary/aromatic N) is 3. The van der Waals surface area contributed by atoms with Gasteiger partial charge in [0, 0.05) is 23.1 Å². The Bertz CT molecular complexity index is 930. The average Bonchev–Trinajstić information content (AvgIpc) is 2.89. The SMILES string of the molecule is Cc1cc(C=NNC(=O)c2ccccc2O)c(C)n1-c1ccccn1. The van der Waals surface area contributed by atoms with Crippen molar-refractivity contribution < 1.29 is 9.90 Å². The van der Waals surface area contributed by atoms with Crippen LogP contribution < -0.4 is 5.43 Å². The summed E-state index contributed by atoms with van der Waals surface area (Å²) in [6.07, 6.45) is 3.33. The number of pyridine rings is 1. The van der Waals surface area contributed by atoms with Gasteiger partial charge in [0.25, 0.3) is 5.91 Å². The first-order valence-corrected chi connectivity index (χ1v) is 7.79. The number of phenolic OH excluding ortho intramolecular Hbond substituents is 1. The summed E-state index contributed by atoms with van der Waals surface area (Å²) in [6.45, 7) is 3.95. The molecule has 2 aromatic heterocycles. The van der Waals surface area contributed by atoms with Crippen LogP contribution in [0.2, 0.25) is 0 Å². The highest BCUT2D eigenvalue weighted by molar-refractivity contribution is 5.97. The largest absolute Gasteiger partial charge is 0.507 e.